The maximum absolute atomic E-state index is 11.4. The number of rotatable bonds is 6. The Morgan fingerprint density at radius 3 is 2.70 bits per heavy atom. The van der Waals surface area contributed by atoms with Crippen LogP contribution >= 0.6 is 11.6 Å². The first-order chi connectivity index (χ1) is 9.66. The van der Waals surface area contributed by atoms with Crippen LogP contribution in [0.4, 0.5) is 0 Å². The molecule has 1 aromatic heterocycles. The molecule has 3 nitrogen and oxygen atoms in total. The van der Waals surface area contributed by atoms with Crippen LogP contribution in [0.2, 0.25) is 5.02 Å². The Kier molecular flexibility index (Phi) is 5.13. The third kappa shape index (κ3) is 4.07. The maximum Gasteiger partial charge on any atom is 0.306 e. The number of aryl methyl sites for hydroxylation is 1. The smallest absolute Gasteiger partial charge is 0.306 e. The summed E-state index contributed by atoms with van der Waals surface area (Å²) >= 11 is 6.09. The van der Waals surface area contributed by atoms with Crippen molar-refractivity contribution < 1.29 is 9.90 Å². The Labute approximate surface area is 123 Å². The number of aromatic nitrogens is 1. The van der Waals surface area contributed by atoms with Crippen molar-refractivity contribution in [3.05, 3.63) is 64.9 Å². The molecule has 0 fully saturated rings. The van der Waals surface area contributed by atoms with Crippen molar-refractivity contribution in [2.24, 2.45) is 5.92 Å². The highest BCUT2D eigenvalue weighted by molar-refractivity contribution is 6.31. The highest BCUT2D eigenvalue weighted by atomic mass is 35.5. The number of carbonyl (C=O) groups is 1. The summed E-state index contributed by atoms with van der Waals surface area (Å²) < 4.78 is 0. The second kappa shape index (κ2) is 7.06. The molecule has 0 amide bonds. The molecule has 2 rings (SSSR count). The molecule has 1 N–H and O–H groups in total. The zero-order valence-electron chi connectivity index (χ0n) is 11.0. The highest BCUT2D eigenvalue weighted by Gasteiger charge is 2.19. The van der Waals surface area contributed by atoms with Crippen molar-refractivity contribution >= 4 is 17.6 Å². The number of carboxylic acids is 1. The maximum atomic E-state index is 11.4. The second-order valence-corrected chi connectivity index (χ2v) is 5.14. The third-order valence-corrected chi connectivity index (χ3v) is 3.65. The van der Waals surface area contributed by atoms with E-state index < -0.39 is 11.9 Å². The summed E-state index contributed by atoms with van der Waals surface area (Å²) in [6, 6.07) is 11.2. The first kappa shape index (κ1) is 14.5. The molecule has 0 spiro atoms. The van der Waals surface area contributed by atoms with Gasteiger partial charge in [-0.25, -0.2) is 0 Å². The number of benzene rings is 1. The van der Waals surface area contributed by atoms with Gasteiger partial charge in [-0.3, -0.25) is 9.78 Å². The number of aliphatic carboxylic acids is 1. The molecule has 4 heteroatoms. The van der Waals surface area contributed by atoms with Gasteiger partial charge in [0.05, 0.1) is 5.92 Å². The van der Waals surface area contributed by atoms with E-state index in [1.54, 1.807) is 18.5 Å². The van der Waals surface area contributed by atoms with E-state index in [0.29, 0.717) is 24.3 Å². The number of halogens is 1. The zero-order valence-corrected chi connectivity index (χ0v) is 11.8. The van der Waals surface area contributed by atoms with Crippen LogP contribution in [0.25, 0.3) is 0 Å². The molecular weight excluding hydrogens is 274 g/mol. The molecule has 2 aromatic rings. The van der Waals surface area contributed by atoms with Gasteiger partial charge >= 0.3 is 5.97 Å². The summed E-state index contributed by atoms with van der Waals surface area (Å²) in [6.45, 7) is 0. The third-order valence-electron chi connectivity index (χ3n) is 3.28. The number of hydrogen-bond acceptors (Lipinski definition) is 2. The van der Waals surface area contributed by atoms with Crippen LogP contribution in [-0.2, 0) is 17.6 Å². The molecule has 0 bridgehead atoms. The Bertz CT molecular complexity index is 572. The molecule has 1 aromatic carbocycles. The van der Waals surface area contributed by atoms with Crippen molar-refractivity contribution in [2.75, 3.05) is 0 Å². The minimum Gasteiger partial charge on any atom is -0.481 e. The average molecular weight is 290 g/mol. The minimum atomic E-state index is -0.784. The van der Waals surface area contributed by atoms with Crippen molar-refractivity contribution in [1.82, 2.24) is 4.98 Å². The molecule has 0 aliphatic rings. The molecule has 104 valence electrons. The fourth-order valence-corrected chi connectivity index (χ4v) is 2.34. The van der Waals surface area contributed by atoms with Crippen LogP contribution in [0.15, 0.2) is 48.8 Å². The molecule has 0 aliphatic carbocycles. The van der Waals surface area contributed by atoms with Crippen LogP contribution in [0.1, 0.15) is 17.5 Å². The van der Waals surface area contributed by atoms with Gasteiger partial charge in [-0.1, -0.05) is 35.9 Å². The van der Waals surface area contributed by atoms with Gasteiger partial charge in [-0.15, -0.1) is 0 Å². The first-order valence-corrected chi connectivity index (χ1v) is 6.89. The second-order valence-electron chi connectivity index (χ2n) is 4.73. The monoisotopic (exact) mass is 289 g/mol. The minimum absolute atomic E-state index is 0.435. The lowest BCUT2D eigenvalue weighted by molar-refractivity contribution is -0.141. The van der Waals surface area contributed by atoms with E-state index in [4.69, 9.17) is 11.6 Å². The normalized spacial score (nSPS) is 12.1. The number of nitrogens with zero attached hydrogens (tertiary/aromatic N) is 1. The summed E-state index contributed by atoms with van der Waals surface area (Å²) in [7, 11) is 0. The SMILES string of the molecule is O=C(O)C(CCc1cccnc1)Cc1ccccc1Cl. The number of pyridine rings is 1. The molecule has 1 unspecified atom stereocenters. The lowest BCUT2D eigenvalue weighted by Gasteiger charge is -2.13. The topological polar surface area (TPSA) is 50.2 Å². The molecule has 20 heavy (non-hydrogen) atoms. The van der Waals surface area contributed by atoms with Gasteiger partial charge < -0.3 is 5.11 Å². The van der Waals surface area contributed by atoms with Crippen molar-refractivity contribution in [1.29, 1.82) is 0 Å². The Hall–Kier alpha value is -1.87. The van der Waals surface area contributed by atoms with Gasteiger partial charge in [0.1, 0.15) is 0 Å². The van der Waals surface area contributed by atoms with Gasteiger partial charge in [0.2, 0.25) is 0 Å². The summed E-state index contributed by atoms with van der Waals surface area (Å²) in [6.07, 6.45) is 5.22. The van der Waals surface area contributed by atoms with E-state index >= 15 is 0 Å². The predicted octanol–water partition coefficient (Wildman–Crippen LogP) is 3.61. The van der Waals surface area contributed by atoms with Gasteiger partial charge in [-0.05, 0) is 42.5 Å². The quantitative estimate of drug-likeness (QED) is 0.884. The molecule has 0 saturated heterocycles. The van der Waals surface area contributed by atoms with Gasteiger partial charge in [0, 0.05) is 17.4 Å². The van der Waals surface area contributed by atoms with Crippen LogP contribution in [0.3, 0.4) is 0 Å². The van der Waals surface area contributed by atoms with Crippen molar-refractivity contribution in [2.45, 2.75) is 19.3 Å². The van der Waals surface area contributed by atoms with E-state index in [1.165, 1.54) is 0 Å². The Balaban J connectivity index is 2.01. The van der Waals surface area contributed by atoms with Gasteiger partial charge in [-0.2, -0.15) is 0 Å². The van der Waals surface area contributed by atoms with Gasteiger partial charge in [0.15, 0.2) is 0 Å². The summed E-state index contributed by atoms with van der Waals surface area (Å²) in [5.74, 6) is -1.22. The Morgan fingerprint density at radius 1 is 1.25 bits per heavy atom. The number of carboxylic acid groups (broad SMARTS) is 1. The number of hydrogen-bond donors (Lipinski definition) is 1. The summed E-state index contributed by atoms with van der Waals surface area (Å²) in [4.78, 5) is 15.4. The molecular formula is C16H16ClNO2. The first-order valence-electron chi connectivity index (χ1n) is 6.52. The molecule has 0 aliphatic heterocycles. The summed E-state index contributed by atoms with van der Waals surface area (Å²) in [5, 5.41) is 9.97. The highest BCUT2D eigenvalue weighted by Crippen LogP contribution is 2.21. The van der Waals surface area contributed by atoms with E-state index in [-0.39, 0.29) is 0 Å². The lowest BCUT2D eigenvalue weighted by Crippen LogP contribution is -2.17. The molecule has 0 radical (unpaired) electrons. The van der Waals surface area contributed by atoms with Crippen LogP contribution in [-0.4, -0.2) is 16.1 Å². The largest absolute Gasteiger partial charge is 0.481 e. The lowest BCUT2D eigenvalue weighted by atomic mass is 9.93. The zero-order chi connectivity index (χ0) is 14.4. The van der Waals surface area contributed by atoms with Crippen molar-refractivity contribution in [3.63, 3.8) is 0 Å². The van der Waals surface area contributed by atoms with Crippen LogP contribution < -0.4 is 0 Å². The van der Waals surface area contributed by atoms with Gasteiger partial charge in [0.25, 0.3) is 0 Å². The fraction of sp³-hybridized carbons (Fsp3) is 0.250. The summed E-state index contributed by atoms with van der Waals surface area (Å²) in [5.41, 5.74) is 1.94. The van der Waals surface area contributed by atoms with Crippen LogP contribution in [0, 0.1) is 5.92 Å². The van der Waals surface area contributed by atoms with Crippen LogP contribution in [0.5, 0.6) is 0 Å². The van der Waals surface area contributed by atoms with Crippen molar-refractivity contribution in [3.8, 4) is 0 Å². The molecule has 1 atom stereocenters. The Morgan fingerprint density at radius 2 is 2.05 bits per heavy atom. The fourth-order valence-electron chi connectivity index (χ4n) is 2.13. The van der Waals surface area contributed by atoms with E-state index in [1.807, 2.05) is 30.3 Å². The molecule has 1 heterocycles. The van der Waals surface area contributed by atoms with E-state index in [2.05, 4.69) is 4.98 Å². The average Bonchev–Trinajstić information content (AvgIpc) is 2.46. The standard InChI is InChI=1S/C16H16ClNO2/c17-15-6-2-1-5-13(15)10-14(16(19)20)8-7-12-4-3-9-18-11-12/h1-6,9,11,14H,7-8,10H2,(H,19,20). The van der Waals surface area contributed by atoms with E-state index in [9.17, 15) is 9.90 Å². The van der Waals surface area contributed by atoms with E-state index in [0.717, 1.165) is 11.1 Å². The molecule has 0 saturated carbocycles. The predicted molar refractivity (Wildman–Crippen MR) is 78.8 cm³/mol.